The Labute approximate surface area is 163 Å². The lowest BCUT2D eigenvalue weighted by molar-refractivity contribution is 0.0600. The summed E-state index contributed by atoms with van der Waals surface area (Å²) in [6.45, 7) is 0.0961. The van der Waals surface area contributed by atoms with Gasteiger partial charge in [-0.05, 0) is 35.9 Å². The molecular weight excluding hydrogens is 394 g/mol. The maximum absolute atomic E-state index is 12.9. The summed E-state index contributed by atoms with van der Waals surface area (Å²) in [5, 5.41) is 0.114. The second-order valence-corrected chi connectivity index (χ2v) is 8.04. The highest BCUT2D eigenvalue weighted by molar-refractivity contribution is 7.89. The molecule has 146 valence electrons. The van der Waals surface area contributed by atoms with Crippen molar-refractivity contribution in [2.45, 2.75) is 11.4 Å². The number of nitrogens with zero attached hydrogens (tertiary/aromatic N) is 1. The predicted octanol–water partition coefficient (Wildman–Crippen LogP) is 2.96. The summed E-state index contributed by atoms with van der Waals surface area (Å²) in [4.78, 5) is 11.7. The van der Waals surface area contributed by atoms with Crippen LogP contribution in [0.25, 0.3) is 0 Å². The number of rotatable bonds is 7. The van der Waals surface area contributed by atoms with Gasteiger partial charge in [-0.2, -0.15) is 4.31 Å². The van der Waals surface area contributed by atoms with Gasteiger partial charge in [-0.15, -0.1) is 0 Å². The summed E-state index contributed by atoms with van der Waals surface area (Å²) < 4.78 is 41.9. The predicted molar refractivity (Wildman–Crippen MR) is 101 cm³/mol. The minimum atomic E-state index is -3.86. The monoisotopic (exact) mass is 413 g/mol. The number of methoxy groups -OCH3 is 3. The molecule has 0 atom stereocenters. The fourth-order valence-corrected chi connectivity index (χ4v) is 3.81. The Bertz CT molecular complexity index is 945. The van der Waals surface area contributed by atoms with E-state index >= 15 is 0 Å². The van der Waals surface area contributed by atoms with Crippen molar-refractivity contribution in [3.05, 3.63) is 52.5 Å². The highest BCUT2D eigenvalue weighted by Gasteiger charge is 2.24. The zero-order chi connectivity index (χ0) is 20.2. The number of esters is 1. The molecule has 27 heavy (non-hydrogen) atoms. The van der Waals surface area contributed by atoms with Gasteiger partial charge in [0.15, 0.2) is 11.5 Å². The summed E-state index contributed by atoms with van der Waals surface area (Å²) in [6.07, 6.45) is 0. The third-order valence-electron chi connectivity index (χ3n) is 3.90. The van der Waals surface area contributed by atoms with Crippen LogP contribution in [0.15, 0.2) is 41.3 Å². The number of hydrogen-bond acceptors (Lipinski definition) is 6. The van der Waals surface area contributed by atoms with Gasteiger partial charge in [-0.3, -0.25) is 0 Å². The van der Waals surface area contributed by atoms with Crippen LogP contribution >= 0.6 is 11.6 Å². The van der Waals surface area contributed by atoms with Crippen molar-refractivity contribution in [1.29, 1.82) is 0 Å². The van der Waals surface area contributed by atoms with E-state index in [-0.39, 0.29) is 22.0 Å². The Balaban J connectivity index is 2.33. The van der Waals surface area contributed by atoms with Crippen molar-refractivity contribution in [3.63, 3.8) is 0 Å². The summed E-state index contributed by atoms with van der Waals surface area (Å²) in [5.41, 5.74) is 0.695. The van der Waals surface area contributed by atoms with Gasteiger partial charge in [-0.1, -0.05) is 17.7 Å². The molecular formula is C18H20ClNO6S. The zero-order valence-electron chi connectivity index (χ0n) is 15.4. The number of hydrogen-bond donors (Lipinski definition) is 0. The lowest BCUT2D eigenvalue weighted by atomic mass is 10.2. The molecule has 0 saturated heterocycles. The van der Waals surface area contributed by atoms with Gasteiger partial charge in [0.25, 0.3) is 0 Å². The van der Waals surface area contributed by atoms with E-state index in [9.17, 15) is 13.2 Å². The molecule has 0 radical (unpaired) electrons. The highest BCUT2D eigenvalue weighted by Crippen LogP contribution is 2.29. The summed E-state index contributed by atoms with van der Waals surface area (Å²) >= 11 is 5.96. The van der Waals surface area contributed by atoms with Crippen LogP contribution in [0.5, 0.6) is 11.5 Å². The first-order valence-electron chi connectivity index (χ1n) is 7.79. The van der Waals surface area contributed by atoms with Gasteiger partial charge in [-0.25, -0.2) is 13.2 Å². The van der Waals surface area contributed by atoms with Crippen molar-refractivity contribution in [3.8, 4) is 11.5 Å². The average molecular weight is 414 g/mol. The molecule has 0 bridgehead atoms. The van der Waals surface area contributed by atoms with E-state index in [0.29, 0.717) is 17.1 Å². The van der Waals surface area contributed by atoms with Crippen molar-refractivity contribution in [2.75, 3.05) is 28.4 Å². The standard InChI is InChI=1S/C18H20ClNO6S/c1-20(11-12-5-8-16(24-2)17(9-12)25-3)27(22,23)13-6-7-15(19)14(10-13)18(21)26-4/h5-10H,11H2,1-4H3. The Morgan fingerprint density at radius 2 is 1.70 bits per heavy atom. The Hall–Kier alpha value is -2.29. The van der Waals surface area contributed by atoms with Gasteiger partial charge in [0.1, 0.15) is 0 Å². The van der Waals surface area contributed by atoms with Gasteiger partial charge >= 0.3 is 5.97 Å². The van der Waals surface area contributed by atoms with Crippen molar-refractivity contribution in [2.24, 2.45) is 0 Å². The molecule has 0 aromatic heterocycles. The number of halogens is 1. The average Bonchev–Trinajstić information content (AvgIpc) is 2.67. The highest BCUT2D eigenvalue weighted by atomic mass is 35.5. The molecule has 0 aliphatic rings. The minimum Gasteiger partial charge on any atom is -0.493 e. The third kappa shape index (κ3) is 4.52. The minimum absolute atomic E-state index is 0.0141. The third-order valence-corrected chi connectivity index (χ3v) is 6.03. The molecule has 7 nitrogen and oxygen atoms in total. The van der Waals surface area contributed by atoms with Crippen LogP contribution in [0.4, 0.5) is 0 Å². The van der Waals surface area contributed by atoms with Crippen LogP contribution in [0, 0.1) is 0 Å². The van der Waals surface area contributed by atoms with Crippen LogP contribution < -0.4 is 9.47 Å². The number of carbonyl (C=O) groups is 1. The van der Waals surface area contributed by atoms with Gasteiger partial charge < -0.3 is 14.2 Å². The zero-order valence-corrected chi connectivity index (χ0v) is 16.9. The normalized spacial score (nSPS) is 11.3. The van der Waals surface area contributed by atoms with Crippen molar-refractivity contribution in [1.82, 2.24) is 4.31 Å². The molecule has 0 aliphatic carbocycles. The van der Waals surface area contributed by atoms with Crippen LogP contribution in [0.1, 0.15) is 15.9 Å². The number of sulfonamides is 1. The molecule has 2 rings (SSSR count). The van der Waals surface area contributed by atoms with Crippen molar-refractivity contribution >= 4 is 27.6 Å². The molecule has 2 aromatic rings. The van der Waals surface area contributed by atoms with Crippen LogP contribution in [0.3, 0.4) is 0 Å². The first-order chi connectivity index (χ1) is 12.7. The fraction of sp³-hybridized carbons (Fsp3) is 0.278. The first-order valence-corrected chi connectivity index (χ1v) is 9.61. The number of benzene rings is 2. The van der Waals surface area contributed by atoms with Gasteiger partial charge in [0.2, 0.25) is 10.0 Å². The van der Waals surface area contributed by atoms with Crippen molar-refractivity contribution < 1.29 is 27.4 Å². The quantitative estimate of drug-likeness (QED) is 0.649. The van der Waals surface area contributed by atoms with Gasteiger partial charge in [0, 0.05) is 13.6 Å². The molecule has 0 N–H and O–H groups in total. The number of ether oxygens (including phenoxy) is 3. The smallest absolute Gasteiger partial charge is 0.339 e. The van der Waals surface area contributed by atoms with E-state index in [1.165, 1.54) is 50.9 Å². The van der Waals surface area contributed by atoms with E-state index in [4.69, 9.17) is 21.1 Å². The van der Waals surface area contributed by atoms with E-state index < -0.39 is 16.0 Å². The molecule has 0 spiro atoms. The van der Waals surface area contributed by atoms with E-state index in [1.807, 2.05) is 0 Å². The largest absolute Gasteiger partial charge is 0.493 e. The van der Waals surface area contributed by atoms with Crippen LogP contribution in [-0.2, 0) is 21.3 Å². The van der Waals surface area contributed by atoms with E-state index in [0.717, 1.165) is 0 Å². The molecule has 0 aliphatic heterocycles. The second-order valence-electron chi connectivity index (χ2n) is 5.58. The molecule has 0 unspecified atom stereocenters. The topological polar surface area (TPSA) is 82.1 Å². The van der Waals surface area contributed by atoms with E-state index in [2.05, 4.69) is 4.74 Å². The van der Waals surface area contributed by atoms with E-state index in [1.54, 1.807) is 18.2 Å². The number of carbonyl (C=O) groups excluding carboxylic acids is 1. The molecule has 0 fully saturated rings. The molecule has 0 amide bonds. The molecule has 0 saturated carbocycles. The fourth-order valence-electron chi connectivity index (χ4n) is 2.43. The first kappa shape index (κ1) is 21.0. The molecule has 9 heteroatoms. The SMILES string of the molecule is COC(=O)c1cc(S(=O)(=O)N(C)Cc2ccc(OC)c(OC)c2)ccc1Cl. The lowest BCUT2D eigenvalue weighted by Crippen LogP contribution is -2.26. The summed E-state index contributed by atoms with van der Waals surface area (Å²) in [7, 11) is 1.81. The van der Waals surface area contributed by atoms with Crippen LogP contribution in [-0.4, -0.2) is 47.1 Å². The maximum atomic E-state index is 12.9. The Morgan fingerprint density at radius 3 is 2.30 bits per heavy atom. The summed E-state index contributed by atoms with van der Waals surface area (Å²) in [6, 6.07) is 9.04. The second kappa shape index (κ2) is 8.60. The molecule has 0 heterocycles. The maximum Gasteiger partial charge on any atom is 0.339 e. The molecule has 2 aromatic carbocycles. The lowest BCUT2D eigenvalue weighted by Gasteiger charge is -2.19. The van der Waals surface area contributed by atoms with Gasteiger partial charge in [0.05, 0.1) is 36.8 Å². The summed E-state index contributed by atoms with van der Waals surface area (Å²) in [5.74, 6) is 0.340. The van der Waals surface area contributed by atoms with Crippen LogP contribution in [0.2, 0.25) is 5.02 Å². The Kier molecular flexibility index (Phi) is 6.69. The Morgan fingerprint density at radius 1 is 1.04 bits per heavy atom.